The van der Waals surface area contributed by atoms with Gasteiger partial charge in [0, 0.05) is 12.5 Å². The van der Waals surface area contributed by atoms with E-state index >= 15 is 0 Å². The summed E-state index contributed by atoms with van der Waals surface area (Å²) >= 11 is 0. The average Bonchev–Trinajstić information content (AvgIpc) is 2.92. The molecular weight excluding hydrogens is 295 g/mol. The number of hydrogen-bond donors (Lipinski definition) is 0. The van der Waals surface area contributed by atoms with Crippen LogP contribution in [0.3, 0.4) is 0 Å². The monoisotopic (exact) mass is 312 g/mol. The van der Waals surface area contributed by atoms with Gasteiger partial charge in [0.25, 0.3) is 0 Å². The van der Waals surface area contributed by atoms with Gasteiger partial charge in [0.1, 0.15) is 11.6 Å². The molecule has 0 spiro atoms. The molecule has 1 heterocycles. The molecule has 0 aliphatic carbocycles. The van der Waals surface area contributed by atoms with Crippen LogP contribution < -0.4 is 0 Å². The van der Waals surface area contributed by atoms with Crippen molar-refractivity contribution >= 4 is 17.0 Å². The van der Waals surface area contributed by atoms with Crippen molar-refractivity contribution in [3.05, 3.63) is 59.2 Å². The summed E-state index contributed by atoms with van der Waals surface area (Å²) in [5.41, 5.74) is 3.49. The minimum Gasteiger partial charge on any atom is -0.465 e. The summed E-state index contributed by atoms with van der Waals surface area (Å²) in [5.74, 6) is 0.108. The highest BCUT2D eigenvalue weighted by Crippen LogP contribution is 2.26. The topological polar surface area (TPSA) is 44.1 Å². The van der Waals surface area contributed by atoms with Crippen molar-refractivity contribution in [3.63, 3.8) is 0 Å². The van der Waals surface area contributed by atoms with Crippen LogP contribution in [0.5, 0.6) is 0 Å². The summed E-state index contributed by atoms with van der Waals surface area (Å²) in [6.07, 6.45) is 0.693. The molecule has 0 saturated carbocycles. The minimum absolute atomic E-state index is 0.317. The Morgan fingerprint density at radius 2 is 2.09 bits per heavy atom. The van der Waals surface area contributed by atoms with E-state index in [1.807, 2.05) is 24.5 Å². The molecule has 0 N–H and O–H groups in total. The lowest BCUT2D eigenvalue weighted by atomic mass is 10.1. The smallest absolute Gasteiger partial charge is 0.338 e. The van der Waals surface area contributed by atoms with Crippen LogP contribution in [0, 0.1) is 12.7 Å². The summed E-state index contributed by atoms with van der Waals surface area (Å²) in [6.45, 7) is 3.85. The van der Waals surface area contributed by atoms with E-state index in [1.165, 1.54) is 19.2 Å². The van der Waals surface area contributed by atoms with Gasteiger partial charge in [-0.3, -0.25) is 4.57 Å². The van der Waals surface area contributed by atoms with Gasteiger partial charge in [0.05, 0.1) is 29.4 Å². The van der Waals surface area contributed by atoms with Gasteiger partial charge in [-0.15, -0.1) is 0 Å². The highest BCUT2D eigenvalue weighted by Gasteiger charge is 2.17. The molecule has 0 bridgehead atoms. The quantitative estimate of drug-likeness (QED) is 0.691. The number of hydrogen-bond acceptors (Lipinski definition) is 3. The molecule has 1 aromatic heterocycles. The number of aryl methyl sites for hydroxylation is 1. The van der Waals surface area contributed by atoms with Crippen molar-refractivity contribution in [2.24, 2.45) is 0 Å². The predicted octanol–water partition coefficient (Wildman–Crippen LogP) is 3.82. The van der Waals surface area contributed by atoms with Crippen LogP contribution in [0.2, 0.25) is 0 Å². The molecule has 3 aromatic rings. The summed E-state index contributed by atoms with van der Waals surface area (Å²) < 4.78 is 20.4. The highest BCUT2D eigenvalue weighted by molar-refractivity contribution is 5.92. The van der Waals surface area contributed by atoms with Crippen LogP contribution >= 0.6 is 0 Å². The maximum Gasteiger partial charge on any atom is 0.338 e. The average molecular weight is 312 g/mol. The number of ether oxygens (including phenoxy) is 1. The van der Waals surface area contributed by atoms with Gasteiger partial charge >= 0.3 is 5.97 Å². The molecule has 0 atom stereocenters. The molecule has 0 unspecified atom stereocenters. The van der Waals surface area contributed by atoms with E-state index in [0.29, 0.717) is 17.5 Å². The Morgan fingerprint density at radius 3 is 2.78 bits per heavy atom. The second kappa shape index (κ2) is 5.83. The van der Waals surface area contributed by atoms with Gasteiger partial charge in [0.2, 0.25) is 0 Å². The largest absolute Gasteiger partial charge is 0.465 e. The third kappa shape index (κ3) is 2.48. The minimum atomic E-state index is -0.391. The molecule has 4 nitrogen and oxygen atoms in total. The zero-order valence-corrected chi connectivity index (χ0v) is 13.3. The standard InChI is InChI=1S/C18H17FN2O2/c1-4-17-20-14-9-8-12(19)10-16(14)21(17)15-7-5-6-13(11(15)2)18(22)23-3/h5-10H,4H2,1-3H3. The lowest BCUT2D eigenvalue weighted by molar-refractivity contribution is 0.0600. The molecule has 0 fully saturated rings. The number of nitrogens with zero attached hydrogens (tertiary/aromatic N) is 2. The number of carbonyl (C=O) groups is 1. The number of fused-ring (bicyclic) bond motifs is 1. The summed E-state index contributed by atoms with van der Waals surface area (Å²) in [5, 5.41) is 0. The van der Waals surface area contributed by atoms with Gasteiger partial charge < -0.3 is 4.74 Å². The van der Waals surface area contributed by atoms with Crippen molar-refractivity contribution in [3.8, 4) is 5.69 Å². The number of halogens is 1. The number of methoxy groups -OCH3 is 1. The highest BCUT2D eigenvalue weighted by atomic mass is 19.1. The molecule has 3 rings (SSSR count). The maximum absolute atomic E-state index is 13.7. The van der Waals surface area contributed by atoms with Crippen molar-refractivity contribution < 1.29 is 13.9 Å². The van der Waals surface area contributed by atoms with E-state index in [0.717, 1.165) is 22.6 Å². The fourth-order valence-electron chi connectivity index (χ4n) is 2.80. The van der Waals surface area contributed by atoms with Crippen LogP contribution in [-0.2, 0) is 11.2 Å². The molecule has 0 radical (unpaired) electrons. The zero-order valence-electron chi connectivity index (χ0n) is 13.3. The molecule has 0 aliphatic heterocycles. The Balaban J connectivity index is 2.32. The van der Waals surface area contributed by atoms with Crippen molar-refractivity contribution in [2.75, 3.05) is 7.11 Å². The normalized spacial score (nSPS) is 11.0. The van der Waals surface area contributed by atoms with Crippen LogP contribution in [0.4, 0.5) is 4.39 Å². The lowest BCUT2D eigenvalue weighted by Crippen LogP contribution is -2.08. The Morgan fingerprint density at radius 1 is 1.30 bits per heavy atom. The van der Waals surface area contributed by atoms with Crippen molar-refractivity contribution in [1.29, 1.82) is 0 Å². The number of aromatic nitrogens is 2. The first-order chi connectivity index (χ1) is 11.1. The number of esters is 1. The first-order valence-corrected chi connectivity index (χ1v) is 7.42. The zero-order chi connectivity index (χ0) is 16.6. The van der Waals surface area contributed by atoms with Crippen LogP contribution in [0.1, 0.15) is 28.7 Å². The molecule has 2 aromatic carbocycles. The Kier molecular flexibility index (Phi) is 3.86. The Labute approximate surface area is 133 Å². The van der Waals surface area contributed by atoms with E-state index in [-0.39, 0.29) is 5.82 Å². The number of rotatable bonds is 3. The van der Waals surface area contributed by atoms with Gasteiger partial charge in [-0.2, -0.15) is 0 Å². The van der Waals surface area contributed by atoms with Gasteiger partial charge in [-0.05, 0) is 36.8 Å². The van der Waals surface area contributed by atoms with Crippen LogP contribution in [-0.4, -0.2) is 22.6 Å². The van der Waals surface area contributed by atoms with Crippen LogP contribution in [0.25, 0.3) is 16.7 Å². The third-order valence-corrected chi connectivity index (χ3v) is 3.95. The first kappa shape index (κ1) is 15.2. The maximum atomic E-state index is 13.7. The molecular formula is C18H17FN2O2. The molecule has 5 heteroatoms. The summed E-state index contributed by atoms with van der Waals surface area (Å²) in [6, 6.07) is 9.94. The fourth-order valence-corrected chi connectivity index (χ4v) is 2.80. The second-order valence-corrected chi connectivity index (χ2v) is 5.29. The number of imidazole rings is 1. The number of carbonyl (C=O) groups excluding carboxylic acids is 1. The molecule has 23 heavy (non-hydrogen) atoms. The molecule has 0 saturated heterocycles. The number of benzene rings is 2. The van der Waals surface area contributed by atoms with E-state index in [4.69, 9.17) is 4.74 Å². The SMILES string of the molecule is CCc1nc2ccc(F)cc2n1-c1cccc(C(=O)OC)c1C. The summed E-state index contributed by atoms with van der Waals surface area (Å²) in [7, 11) is 1.36. The van der Waals surface area contributed by atoms with E-state index in [1.54, 1.807) is 18.2 Å². The second-order valence-electron chi connectivity index (χ2n) is 5.29. The van der Waals surface area contributed by atoms with Gasteiger partial charge in [0.15, 0.2) is 0 Å². The Hall–Kier alpha value is -2.69. The molecule has 0 amide bonds. The van der Waals surface area contributed by atoms with Gasteiger partial charge in [-0.25, -0.2) is 14.2 Å². The van der Waals surface area contributed by atoms with E-state index in [9.17, 15) is 9.18 Å². The van der Waals surface area contributed by atoms with Crippen molar-refractivity contribution in [2.45, 2.75) is 20.3 Å². The summed E-state index contributed by atoms with van der Waals surface area (Å²) in [4.78, 5) is 16.5. The van der Waals surface area contributed by atoms with E-state index in [2.05, 4.69) is 4.98 Å². The fraction of sp³-hybridized carbons (Fsp3) is 0.222. The van der Waals surface area contributed by atoms with E-state index < -0.39 is 5.97 Å². The van der Waals surface area contributed by atoms with Gasteiger partial charge in [-0.1, -0.05) is 13.0 Å². The molecule has 0 aliphatic rings. The predicted molar refractivity (Wildman–Crippen MR) is 86.5 cm³/mol. The third-order valence-electron chi connectivity index (χ3n) is 3.95. The van der Waals surface area contributed by atoms with Crippen molar-refractivity contribution in [1.82, 2.24) is 9.55 Å². The lowest BCUT2D eigenvalue weighted by Gasteiger charge is -2.14. The first-order valence-electron chi connectivity index (χ1n) is 7.42. The van der Waals surface area contributed by atoms with Crippen LogP contribution in [0.15, 0.2) is 36.4 Å². The molecule has 118 valence electrons. The Bertz CT molecular complexity index is 899.